The van der Waals surface area contributed by atoms with Crippen LogP contribution in [0.25, 0.3) is 0 Å². The predicted molar refractivity (Wildman–Crippen MR) is 162 cm³/mol. The standard InChI is InChI=1S/C33H46O17/c1-32-9-16(13-6-7-45-12-13)46-28(42)14(32)8-20(50-31-27(41)25(39)23(37)18(11-35)49-31)33(2)19(32)5-4-15(21(33)29(43)44-3)47-30-26(40)24(38)22(36)17(10-34)48-30/h6-7,12,14,16-20,22-27,30-31,34-41H,4-5,8-11H2,1-3H3/t14-,16?,17-,18-,19?,20?,22-,23-,24+,25+,26-,27-,30-,31+,32-,33-/m1/s1. The fourth-order valence-electron chi connectivity index (χ4n) is 8.90. The first kappa shape index (κ1) is 37.1. The van der Waals surface area contributed by atoms with Crippen molar-refractivity contribution in [3.8, 4) is 0 Å². The number of carbonyl (C=O) groups excluding carboxylic acids is 2. The summed E-state index contributed by atoms with van der Waals surface area (Å²) in [5.74, 6) is -2.73. The molecule has 0 bridgehead atoms. The highest BCUT2D eigenvalue weighted by Crippen LogP contribution is 2.66. The molecule has 8 N–H and O–H groups in total. The molecule has 0 spiro atoms. The molecule has 4 heterocycles. The quantitative estimate of drug-likeness (QED) is 0.137. The molecule has 16 atom stereocenters. The van der Waals surface area contributed by atoms with Crippen molar-refractivity contribution in [1.29, 1.82) is 0 Å². The first-order valence-electron chi connectivity index (χ1n) is 16.7. The Balaban J connectivity index is 1.45. The highest BCUT2D eigenvalue weighted by Gasteiger charge is 2.67. The Bertz CT molecular complexity index is 1410. The second-order valence-corrected chi connectivity index (χ2v) is 14.3. The number of hydrogen-bond acceptors (Lipinski definition) is 17. The Morgan fingerprint density at radius 2 is 1.54 bits per heavy atom. The number of aliphatic hydroxyl groups excluding tert-OH is 8. The van der Waals surface area contributed by atoms with Crippen molar-refractivity contribution in [3.05, 3.63) is 35.5 Å². The molecule has 280 valence electrons. The topological polar surface area (TPSA) is 264 Å². The minimum atomic E-state index is -1.80. The van der Waals surface area contributed by atoms with Crippen LogP contribution in [-0.2, 0) is 38.0 Å². The molecular formula is C33H46O17. The number of fused-ring (bicyclic) bond motifs is 3. The van der Waals surface area contributed by atoms with E-state index in [1.54, 1.807) is 13.0 Å². The second-order valence-electron chi connectivity index (χ2n) is 14.3. The molecule has 1 aromatic heterocycles. The lowest BCUT2D eigenvalue weighted by Crippen LogP contribution is -2.65. The smallest absolute Gasteiger partial charge is 0.337 e. The number of aliphatic hydroxyl groups is 8. The summed E-state index contributed by atoms with van der Waals surface area (Å²) in [7, 11) is 1.15. The van der Waals surface area contributed by atoms with E-state index in [0.717, 1.165) is 7.11 Å². The number of furan rings is 1. The van der Waals surface area contributed by atoms with E-state index in [2.05, 4.69) is 0 Å². The van der Waals surface area contributed by atoms with Crippen LogP contribution >= 0.6 is 0 Å². The summed E-state index contributed by atoms with van der Waals surface area (Å²) < 4.78 is 40.2. The minimum Gasteiger partial charge on any atom is -0.472 e. The molecule has 4 fully saturated rings. The first-order chi connectivity index (χ1) is 23.7. The Hall–Kier alpha value is -2.68. The molecule has 0 aromatic carbocycles. The van der Waals surface area contributed by atoms with E-state index in [-0.39, 0.29) is 30.6 Å². The molecule has 1 saturated carbocycles. The van der Waals surface area contributed by atoms with Crippen molar-refractivity contribution >= 4 is 11.9 Å². The normalized spacial score (nSPS) is 46.4. The summed E-state index contributed by atoms with van der Waals surface area (Å²) in [5.41, 5.74) is -1.68. The van der Waals surface area contributed by atoms with Gasteiger partial charge in [-0.15, -0.1) is 0 Å². The Kier molecular flexibility index (Phi) is 10.4. The van der Waals surface area contributed by atoms with Crippen molar-refractivity contribution in [2.24, 2.45) is 22.7 Å². The summed E-state index contributed by atoms with van der Waals surface area (Å²) in [4.78, 5) is 27.8. The SMILES string of the molecule is COC(=O)C1=C(O[C@@H]2O[C@H](CO)[C@@H](O)[C@H](O)[C@H]2O)CCC2[C@]1(C)C(O[C@@H]1O[C@H](CO)[C@@H](O)[C@H](O)[C@H]1O)C[C@@H]1C(=O)OC(c3ccoc3)C[C@@]21C. The molecule has 0 amide bonds. The predicted octanol–water partition coefficient (Wildman–Crippen LogP) is -1.86. The average Bonchev–Trinajstić information content (AvgIpc) is 3.64. The maximum absolute atomic E-state index is 13.9. The Morgan fingerprint density at radius 1 is 0.920 bits per heavy atom. The van der Waals surface area contributed by atoms with E-state index in [4.69, 9.17) is 32.8 Å². The van der Waals surface area contributed by atoms with Crippen LogP contribution < -0.4 is 0 Å². The van der Waals surface area contributed by atoms with Crippen molar-refractivity contribution in [2.75, 3.05) is 20.3 Å². The lowest BCUT2D eigenvalue weighted by Gasteiger charge is -2.62. The molecule has 3 saturated heterocycles. The third kappa shape index (κ3) is 5.95. The maximum atomic E-state index is 13.9. The van der Waals surface area contributed by atoms with E-state index in [0.29, 0.717) is 12.0 Å². The van der Waals surface area contributed by atoms with E-state index in [9.17, 15) is 50.4 Å². The van der Waals surface area contributed by atoms with E-state index >= 15 is 0 Å². The summed E-state index contributed by atoms with van der Waals surface area (Å²) in [6, 6.07) is 1.70. The number of carbonyl (C=O) groups is 2. The molecule has 17 heteroatoms. The average molecular weight is 715 g/mol. The lowest BCUT2D eigenvalue weighted by molar-refractivity contribution is -0.330. The minimum absolute atomic E-state index is 0.00541. The number of ether oxygens (including phenoxy) is 6. The number of hydrogen-bond donors (Lipinski definition) is 8. The largest absolute Gasteiger partial charge is 0.472 e. The van der Waals surface area contributed by atoms with E-state index < -0.39 is 121 Å². The van der Waals surface area contributed by atoms with Gasteiger partial charge in [-0.2, -0.15) is 0 Å². The van der Waals surface area contributed by atoms with Crippen LogP contribution in [0.15, 0.2) is 34.3 Å². The van der Waals surface area contributed by atoms with Gasteiger partial charge in [-0.3, -0.25) is 4.79 Å². The van der Waals surface area contributed by atoms with E-state index in [1.165, 1.54) is 12.5 Å². The second kappa shape index (κ2) is 14.0. The molecule has 1 aromatic rings. The number of cyclic esters (lactones) is 1. The van der Waals surface area contributed by atoms with Crippen LogP contribution in [0.5, 0.6) is 0 Å². The zero-order valence-corrected chi connectivity index (χ0v) is 27.8. The van der Waals surface area contributed by atoms with Crippen LogP contribution in [0.4, 0.5) is 0 Å². The summed E-state index contributed by atoms with van der Waals surface area (Å²) in [6.07, 6.45) is -14.6. The third-order valence-corrected chi connectivity index (χ3v) is 11.6. The van der Waals surface area contributed by atoms with Gasteiger partial charge in [-0.05, 0) is 36.7 Å². The highest BCUT2D eigenvalue weighted by atomic mass is 16.7. The summed E-state index contributed by atoms with van der Waals surface area (Å²) >= 11 is 0. The molecule has 50 heavy (non-hydrogen) atoms. The molecule has 3 aliphatic heterocycles. The summed E-state index contributed by atoms with van der Waals surface area (Å²) in [6.45, 7) is 2.21. The number of rotatable bonds is 8. The number of allylic oxidation sites excluding steroid dienone is 1. The molecule has 0 radical (unpaired) electrons. The fraction of sp³-hybridized carbons (Fsp3) is 0.758. The van der Waals surface area contributed by atoms with Gasteiger partial charge in [0.2, 0.25) is 6.29 Å². The molecule has 5 aliphatic rings. The maximum Gasteiger partial charge on any atom is 0.337 e. The first-order valence-corrected chi connectivity index (χ1v) is 16.7. The van der Waals surface area contributed by atoms with Gasteiger partial charge in [-0.25, -0.2) is 4.79 Å². The van der Waals surface area contributed by atoms with Gasteiger partial charge in [0.1, 0.15) is 60.7 Å². The van der Waals surface area contributed by atoms with Gasteiger partial charge in [0.15, 0.2) is 6.29 Å². The van der Waals surface area contributed by atoms with Gasteiger partial charge in [0.25, 0.3) is 0 Å². The zero-order valence-electron chi connectivity index (χ0n) is 27.8. The van der Waals surface area contributed by atoms with Crippen LogP contribution in [0.2, 0.25) is 0 Å². The van der Waals surface area contributed by atoms with Gasteiger partial charge >= 0.3 is 11.9 Å². The molecule has 17 nitrogen and oxygen atoms in total. The van der Waals surface area contributed by atoms with Crippen molar-refractivity contribution < 1.29 is 83.3 Å². The number of esters is 2. The third-order valence-electron chi connectivity index (χ3n) is 11.6. The molecule has 2 aliphatic carbocycles. The molecular weight excluding hydrogens is 668 g/mol. The zero-order chi connectivity index (χ0) is 36.3. The van der Waals surface area contributed by atoms with Crippen molar-refractivity contribution in [1.82, 2.24) is 0 Å². The van der Waals surface area contributed by atoms with Crippen LogP contribution in [0, 0.1) is 22.7 Å². The van der Waals surface area contributed by atoms with Crippen LogP contribution in [0.1, 0.15) is 51.2 Å². The van der Waals surface area contributed by atoms with Crippen LogP contribution in [0.3, 0.4) is 0 Å². The fourth-order valence-corrected chi connectivity index (χ4v) is 8.90. The summed E-state index contributed by atoms with van der Waals surface area (Å²) in [5, 5.41) is 83.0. The Labute approximate surface area is 286 Å². The van der Waals surface area contributed by atoms with Gasteiger partial charge in [0.05, 0.1) is 50.4 Å². The van der Waals surface area contributed by atoms with Gasteiger partial charge < -0.3 is 73.7 Å². The van der Waals surface area contributed by atoms with Crippen molar-refractivity contribution in [3.63, 3.8) is 0 Å². The van der Waals surface area contributed by atoms with Crippen LogP contribution in [-0.4, -0.2) is 141 Å². The highest BCUT2D eigenvalue weighted by molar-refractivity contribution is 5.91. The van der Waals surface area contributed by atoms with Crippen molar-refractivity contribution in [2.45, 2.75) is 113 Å². The molecule has 3 unspecified atom stereocenters. The molecule has 6 rings (SSSR count). The lowest BCUT2D eigenvalue weighted by atomic mass is 9.44. The van der Waals surface area contributed by atoms with Gasteiger partial charge in [-0.1, -0.05) is 13.8 Å². The van der Waals surface area contributed by atoms with Gasteiger partial charge in [0, 0.05) is 17.4 Å². The Morgan fingerprint density at radius 3 is 2.12 bits per heavy atom. The monoisotopic (exact) mass is 714 g/mol. The van der Waals surface area contributed by atoms with E-state index in [1.807, 2.05) is 6.92 Å². The number of methoxy groups -OCH3 is 1.